The Morgan fingerprint density at radius 2 is 1.85 bits per heavy atom. The Balaban J connectivity index is 1.75. The zero-order valence-corrected chi connectivity index (χ0v) is 19.6. The van der Waals surface area contributed by atoms with Crippen molar-refractivity contribution in [2.24, 2.45) is 0 Å². The van der Waals surface area contributed by atoms with Gasteiger partial charge in [-0.1, -0.05) is 18.5 Å². The normalized spacial score (nSPS) is 15.8. The fraction of sp³-hybridized carbons (Fsp3) is 0.526. The van der Waals surface area contributed by atoms with E-state index in [0.29, 0.717) is 38.0 Å². The van der Waals surface area contributed by atoms with Gasteiger partial charge in [-0.05, 0) is 37.5 Å². The number of nitrogens with zero attached hydrogens (tertiary/aromatic N) is 4. The number of piperidine rings is 1. The van der Waals surface area contributed by atoms with E-state index >= 15 is 0 Å². The average molecular weight is 527 g/mol. The van der Waals surface area contributed by atoms with Gasteiger partial charge < -0.3 is 15.4 Å². The SMILES string of the molecule is CCCS(=O)(=O)N1CCC(Nc2nc(Nc3ccc(F)c(Cl)c3)nc(OCC(F)(F)F)n2)CC1. The minimum atomic E-state index is -4.60. The van der Waals surface area contributed by atoms with Crippen LogP contribution in [0.5, 0.6) is 6.01 Å². The first kappa shape index (κ1) is 26.2. The molecular weight excluding hydrogens is 504 g/mol. The number of anilines is 3. The molecular formula is C19H23ClF4N6O3S. The van der Waals surface area contributed by atoms with Gasteiger partial charge in [-0.3, -0.25) is 0 Å². The molecule has 1 saturated heterocycles. The minimum absolute atomic E-state index is 0.0576. The topological polar surface area (TPSA) is 109 Å². The van der Waals surface area contributed by atoms with E-state index in [1.54, 1.807) is 6.92 Å². The highest BCUT2D eigenvalue weighted by Gasteiger charge is 2.30. The molecule has 0 saturated carbocycles. The Labute approximate surface area is 198 Å². The number of hydrogen-bond donors (Lipinski definition) is 2. The van der Waals surface area contributed by atoms with Crippen molar-refractivity contribution < 1.29 is 30.7 Å². The van der Waals surface area contributed by atoms with Crippen molar-refractivity contribution in [2.75, 3.05) is 36.1 Å². The summed E-state index contributed by atoms with van der Waals surface area (Å²) in [5, 5.41) is 5.55. The van der Waals surface area contributed by atoms with Crippen molar-refractivity contribution in [2.45, 2.75) is 38.4 Å². The summed E-state index contributed by atoms with van der Waals surface area (Å²) in [6.07, 6.45) is -3.19. The molecule has 15 heteroatoms. The van der Waals surface area contributed by atoms with Crippen molar-refractivity contribution in [3.63, 3.8) is 0 Å². The van der Waals surface area contributed by atoms with Gasteiger partial charge in [0.15, 0.2) is 6.61 Å². The zero-order chi connectivity index (χ0) is 24.9. The highest BCUT2D eigenvalue weighted by molar-refractivity contribution is 7.89. The number of alkyl halides is 3. The molecule has 2 aromatic rings. The molecule has 3 rings (SSSR count). The monoisotopic (exact) mass is 526 g/mol. The van der Waals surface area contributed by atoms with E-state index < -0.39 is 34.6 Å². The lowest BCUT2D eigenvalue weighted by Gasteiger charge is -2.31. The van der Waals surface area contributed by atoms with Crippen molar-refractivity contribution in [1.82, 2.24) is 19.3 Å². The molecule has 188 valence electrons. The summed E-state index contributed by atoms with van der Waals surface area (Å²) < 4.78 is 81.8. The van der Waals surface area contributed by atoms with Crippen LogP contribution in [0, 0.1) is 5.82 Å². The number of rotatable bonds is 9. The van der Waals surface area contributed by atoms with Crippen LogP contribution in [-0.2, 0) is 10.0 Å². The van der Waals surface area contributed by atoms with E-state index in [2.05, 4.69) is 30.3 Å². The van der Waals surface area contributed by atoms with Crippen LogP contribution in [0.4, 0.5) is 35.1 Å². The molecule has 1 aromatic carbocycles. The predicted molar refractivity (Wildman–Crippen MR) is 118 cm³/mol. The standard InChI is InChI=1S/C19H23ClF4N6O3S/c1-2-9-34(31,32)30-7-5-12(6-8-30)25-16-27-17(26-13-3-4-15(21)14(20)10-13)29-18(28-16)33-11-19(22,23)24/h3-4,10,12H,2,5-9,11H2,1H3,(H2,25,26,27,28,29). The third-order valence-corrected chi connectivity index (χ3v) is 7.16. The lowest BCUT2D eigenvalue weighted by Crippen LogP contribution is -2.43. The molecule has 2 N–H and O–H groups in total. The van der Waals surface area contributed by atoms with Crippen LogP contribution in [0.15, 0.2) is 18.2 Å². The first-order chi connectivity index (χ1) is 15.9. The van der Waals surface area contributed by atoms with Gasteiger partial charge in [0.05, 0.1) is 10.8 Å². The Kier molecular flexibility index (Phi) is 8.36. The second kappa shape index (κ2) is 10.9. The molecule has 1 aliphatic rings. The number of ether oxygens (including phenoxy) is 1. The van der Waals surface area contributed by atoms with Gasteiger partial charge in [0.2, 0.25) is 21.9 Å². The largest absolute Gasteiger partial charge is 0.454 e. The quantitative estimate of drug-likeness (QED) is 0.472. The zero-order valence-electron chi connectivity index (χ0n) is 18.1. The van der Waals surface area contributed by atoms with Crippen LogP contribution in [-0.4, -0.2) is 65.3 Å². The van der Waals surface area contributed by atoms with E-state index in [9.17, 15) is 26.0 Å². The number of halogens is 5. The first-order valence-corrected chi connectivity index (χ1v) is 12.4. The molecule has 0 amide bonds. The fourth-order valence-electron chi connectivity index (χ4n) is 3.24. The van der Waals surface area contributed by atoms with E-state index in [1.807, 2.05) is 0 Å². The lowest BCUT2D eigenvalue weighted by atomic mass is 10.1. The van der Waals surface area contributed by atoms with E-state index in [4.69, 9.17) is 11.6 Å². The second-order valence-corrected chi connectivity index (χ2v) is 10.1. The molecule has 9 nitrogen and oxygen atoms in total. The Hall–Kier alpha value is -2.45. The van der Waals surface area contributed by atoms with Gasteiger partial charge >= 0.3 is 12.2 Å². The van der Waals surface area contributed by atoms with Gasteiger partial charge in [-0.25, -0.2) is 17.1 Å². The van der Waals surface area contributed by atoms with Gasteiger partial charge in [-0.15, -0.1) is 0 Å². The summed E-state index contributed by atoms with van der Waals surface area (Å²) in [6.45, 7) is 0.770. The van der Waals surface area contributed by atoms with E-state index in [0.717, 1.165) is 6.07 Å². The number of benzene rings is 1. The summed E-state index contributed by atoms with van der Waals surface area (Å²) in [5.74, 6) is -0.786. The molecule has 0 atom stereocenters. The molecule has 0 spiro atoms. The van der Waals surface area contributed by atoms with Gasteiger partial charge in [0.25, 0.3) is 0 Å². The summed E-state index contributed by atoms with van der Waals surface area (Å²) in [7, 11) is -3.32. The highest BCUT2D eigenvalue weighted by Crippen LogP contribution is 2.24. The molecule has 0 unspecified atom stereocenters. The van der Waals surface area contributed by atoms with Gasteiger partial charge in [0, 0.05) is 24.8 Å². The second-order valence-electron chi connectivity index (χ2n) is 7.56. The maximum absolute atomic E-state index is 13.4. The van der Waals surface area contributed by atoms with Gasteiger partial charge in [0.1, 0.15) is 5.82 Å². The van der Waals surface area contributed by atoms with Crippen LogP contribution in [0.3, 0.4) is 0 Å². The average Bonchev–Trinajstić information content (AvgIpc) is 2.75. The fourth-order valence-corrected chi connectivity index (χ4v) is 4.96. The number of aromatic nitrogens is 3. The van der Waals surface area contributed by atoms with Crippen molar-refractivity contribution in [1.29, 1.82) is 0 Å². The molecule has 1 aromatic heterocycles. The maximum atomic E-state index is 13.4. The predicted octanol–water partition coefficient (Wildman–Crippen LogP) is 3.96. The van der Waals surface area contributed by atoms with E-state index in [1.165, 1.54) is 16.4 Å². The summed E-state index contributed by atoms with van der Waals surface area (Å²) >= 11 is 5.76. The molecule has 2 heterocycles. The highest BCUT2D eigenvalue weighted by atomic mass is 35.5. The van der Waals surface area contributed by atoms with Crippen LogP contribution in [0.25, 0.3) is 0 Å². The Bertz CT molecular complexity index is 1100. The molecule has 0 aliphatic carbocycles. The molecule has 0 bridgehead atoms. The maximum Gasteiger partial charge on any atom is 0.422 e. The Morgan fingerprint density at radius 1 is 1.18 bits per heavy atom. The van der Waals surface area contributed by atoms with Crippen LogP contribution in [0.2, 0.25) is 5.02 Å². The van der Waals surface area contributed by atoms with Crippen molar-refractivity contribution >= 4 is 39.2 Å². The van der Waals surface area contributed by atoms with Crippen molar-refractivity contribution in [3.8, 4) is 6.01 Å². The lowest BCUT2D eigenvalue weighted by molar-refractivity contribution is -0.154. The Morgan fingerprint density at radius 3 is 2.47 bits per heavy atom. The third-order valence-electron chi connectivity index (χ3n) is 4.80. The minimum Gasteiger partial charge on any atom is -0.454 e. The summed E-state index contributed by atoms with van der Waals surface area (Å²) in [5.41, 5.74) is 0.291. The van der Waals surface area contributed by atoms with Crippen molar-refractivity contribution in [3.05, 3.63) is 29.0 Å². The molecule has 1 fully saturated rings. The summed E-state index contributed by atoms with van der Waals surface area (Å²) in [6, 6.07) is 2.91. The van der Waals surface area contributed by atoms with Crippen LogP contribution >= 0.6 is 11.6 Å². The van der Waals surface area contributed by atoms with Crippen LogP contribution in [0.1, 0.15) is 26.2 Å². The van der Waals surface area contributed by atoms with E-state index in [-0.39, 0.29) is 28.7 Å². The van der Waals surface area contributed by atoms with Crippen LogP contribution < -0.4 is 15.4 Å². The summed E-state index contributed by atoms with van der Waals surface area (Å²) in [4.78, 5) is 11.9. The number of sulfonamides is 1. The molecule has 1 aliphatic heterocycles. The third kappa shape index (κ3) is 7.53. The smallest absolute Gasteiger partial charge is 0.422 e. The van der Waals surface area contributed by atoms with Gasteiger partial charge in [-0.2, -0.15) is 28.1 Å². The molecule has 0 radical (unpaired) electrons. The number of hydrogen-bond acceptors (Lipinski definition) is 8. The number of nitrogens with one attached hydrogen (secondary N) is 2. The first-order valence-electron chi connectivity index (χ1n) is 10.4. The molecule has 34 heavy (non-hydrogen) atoms.